The third-order valence-corrected chi connectivity index (χ3v) is 6.54. The van der Waals surface area contributed by atoms with Crippen LogP contribution in [0.25, 0.3) is 0 Å². The van der Waals surface area contributed by atoms with Crippen molar-refractivity contribution in [1.29, 1.82) is 0 Å². The van der Waals surface area contributed by atoms with E-state index in [0.717, 1.165) is 37.3 Å². The monoisotopic (exact) mass is 387 g/mol. The Kier molecular flexibility index (Phi) is 6.11. The Morgan fingerprint density at radius 2 is 2.07 bits per heavy atom. The predicted molar refractivity (Wildman–Crippen MR) is 111 cm³/mol. The Morgan fingerprint density at radius 3 is 2.81 bits per heavy atom. The van der Waals surface area contributed by atoms with Gasteiger partial charge in [-0.1, -0.05) is 23.8 Å². The van der Waals surface area contributed by atoms with Gasteiger partial charge in [0, 0.05) is 25.3 Å². The van der Waals surface area contributed by atoms with Gasteiger partial charge in [0.05, 0.1) is 36.0 Å². The lowest BCUT2D eigenvalue weighted by Gasteiger charge is -2.45. The van der Waals surface area contributed by atoms with Crippen LogP contribution in [0, 0.1) is 0 Å². The number of nitrogens with zero attached hydrogens (tertiary/aromatic N) is 1. The van der Waals surface area contributed by atoms with Crippen molar-refractivity contribution in [2.24, 2.45) is 0 Å². The average Bonchev–Trinajstić information content (AvgIpc) is 2.64. The van der Waals surface area contributed by atoms with Crippen LogP contribution in [0.4, 0.5) is 5.69 Å². The van der Waals surface area contributed by atoms with Gasteiger partial charge in [0.2, 0.25) is 0 Å². The summed E-state index contributed by atoms with van der Waals surface area (Å²) in [5.41, 5.74) is 4.10. The summed E-state index contributed by atoms with van der Waals surface area (Å²) in [6.45, 7) is 3.93. The zero-order valence-electron chi connectivity index (χ0n) is 16.0. The Bertz CT molecular complexity index is 703. The fourth-order valence-electron chi connectivity index (χ4n) is 4.08. The van der Waals surface area contributed by atoms with Gasteiger partial charge >= 0.3 is 0 Å². The van der Waals surface area contributed by atoms with Crippen LogP contribution in [0.15, 0.2) is 53.3 Å². The summed E-state index contributed by atoms with van der Waals surface area (Å²) >= 11 is 1.47. The van der Waals surface area contributed by atoms with Gasteiger partial charge in [-0.05, 0) is 56.4 Å². The van der Waals surface area contributed by atoms with E-state index in [4.69, 9.17) is 8.92 Å². The highest BCUT2D eigenvalue weighted by molar-refractivity contribution is 7.94. The zero-order valence-corrected chi connectivity index (χ0v) is 16.8. The molecule has 0 bridgehead atoms. The maximum atomic E-state index is 9.80. The molecule has 0 aromatic heterocycles. The fourth-order valence-corrected chi connectivity index (χ4v) is 4.81. The molecule has 3 atom stereocenters. The van der Waals surface area contributed by atoms with Crippen LogP contribution in [-0.4, -0.2) is 42.3 Å². The number of allylic oxidation sites excluding steroid dienone is 2. The van der Waals surface area contributed by atoms with Crippen LogP contribution in [0.2, 0.25) is 0 Å². The minimum absolute atomic E-state index is 0.0842. The first-order valence-corrected chi connectivity index (χ1v) is 10.9. The average molecular weight is 388 g/mol. The highest BCUT2D eigenvalue weighted by Gasteiger charge is 2.34. The van der Waals surface area contributed by atoms with Gasteiger partial charge < -0.3 is 18.9 Å². The summed E-state index contributed by atoms with van der Waals surface area (Å²) in [5.74, 6) is 1.79. The van der Waals surface area contributed by atoms with E-state index in [0.29, 0.717) is 19.1 Å². The zero-order chi connectivity index (χ0) is 18.6. The molecule has 4 nitrogen and oxygen atoms in total. The topological polar surface area (TPSA) is 41.9 Å². The fraction of sp³-hybridized carbons (Fsp3) is 0.545. The largest absolute Gasteiger partial charge is 0.426 e. The van der Waals surface area contributed by atoms with Crippen LogP contribution in [0.5, 0.6) is 0 Å². The first-order valence-electron chi connectivity index (χ1n) is 10.0. The van der Waals surface area contributed by atoms with Gasteiger partial charge in [-0.25, -0.2) is 0 Å². The predicted octanol–water partition coefficient (Wildman–Crippen LogP) is 4.46. The van der Waals surface area contributed by atoms with E-state index < -0.39 is 0 Å². The molecule has 0 saturated carbocycles. The molecular weight excluding hydrogens is 358 g/mol. The normalized spacial score (nSPS) is 28.6. The van der Waals surface area contributed by atoms with Gasteiger partial charge in [-0.3, -0.25) is 0 Å². The molecule has 0 spiro atoms. The lowest BCUT2D eigenvalue weighted by molar-refractivity contribution is -0.0321. The van der Waals surface area contributed by atoms with E-state index in [1.807, 2.05) is 0 Å². The van der Waals surface area contributed by atoms with Crippen molar-refractivity contribution in [3.05, 3.63) is 53.3 Å². The van der Waals surface area contributed by atoms with Gasteiger partial charge in [-0.15, -0.1) is 0 Å². The first-order chi connectivity index (χ1) is 13.2. The molecule has 146 valence electrons. The van der Waals surface area contributed by atoms with Gasteiger partial charge in [0.1, 0.15) is 5.76 Å². The van der Waals surface area contributed by atoms with Crippen LogP contribution >= 0.6 is 12.0 Å². The van der Waals surface area contributed by atoms with Gasteiger partial charge in [0.15, 0.2) is 0 Å². The number of aliphatic hydroxyl groups excluding tert-OH is 1. The Hall–Kier alpha value is -1.43. The Morgan fingerprint density at radius 1 is 1.22 bits per heavy atom. The molecule has 3 unspecified atom stereocenters. The summed E-state index contributed by atoms with van der Waals surface area (Å²) in [6.07, 6.45) is 6.90. The highest BCUT2D eigenvalue weighted by atomic mass is 32.2. The summed E-state index contributed by atoms with van der Waals surface area (Å²) in [6, 6.07) is 11.1. The summed E-state index contributed by atoms with van der Waals surface area (Å²) in [4.78, 5) is 2.48. The number of hydrogen-bond acceptors (Lipinski definition) is 5. The first kappa shape index (κ1) is 18.9. The number of para-hydroxylation sites is 1. The molecule has 1 aliphatic carbocycles. The van der Waals surface area contributed by atoms with E-state index in [9.17, 15) is 5.11 Å². The van der Waals surface area contributed by atoms with E-state index in [1.54, 1.807) is 0 Å². The van der Waals surface area contributed by atoms with Crippen molar-refractivity contribution in [2.45, 2.75) is 57.3 Å². The van der Waals surface area contributed by atoms with Crippen molar-refractivity contribution in [2.75, 3.05) is 23.8 Å². The van der Waals surface area contributed by atoms with Crippen molar-refractivity contribution in [3.8, 4) is 0 Å². The van der Waals surface area contributed by atoms with Crippen LogP contribution < -0.4 is 4.90 Å². The summed E-state index contributed by atoms with van der Waals surface area (Å²) < 4.78 is 11.9. The van der Waals surface area contributed by atoms with E-state index in [1.165, 1.54) is 35.3 Å². The van der Waals surface area contributed by atoms with Crippen molar-refractivity contribution in [3.63, 3.8) is 0 Å². The second-order valence-electron chi connectivity index (χ2n) is 7.75. The molecule has 1 aromatic rings. The van der Waals surface area contributed by atoms with Crippen LogP contribution in [-0.2, 0) is 8.92 Å². The standard InChI is InChI=1S/C22H29NO3S/c1-16-7-8-20(21-9-11-23(21)17-5-3-2-4-6-17)22(13-16)26-27-15-19-14-18(24)10-12-25-19/h2-6,13,18-19,21,24H,7-12,14-15H2,1H3. The van der Waals surface area contributed by atoms with Gasteiger partial charge in [-0.2, -0.15) is 0 Å². The van der Waals surface area contributed by atoms with Crippen LogP contribution in [0.3, 0.4) is 0 Å². The number of hydrogen-bond donors (Lipinski definition) is 1. The third kappa shape index (κ3) is 4.53. The molecule has 3 aliphatic rings. The molecule has 0 radical (unpaired) electrons. The summed E-state index contributed by atoms with van der Waals surface area (Å²) in [7, 11) is 0. The smallest absolute Gasteiger partial charge is 0.138 e. The molecule has 4 rings (SSSR count). The number of aliphatic hydroxyl groups is 1. The lowest BCUT2D eigenvalue weighted by atomic mass is 9.86. The Balaban J connectivity index is 1.42. The molecule has 1 aromatic carbocycles. The molecular formula is C22H29NO3S. The minimum atomic E-state index is -0.231. The molecule has 5 heteroatoms. The van der Waals surface area contributed by atoms with Crippen LogP contribution in [0.1, 0.15) is 39.0 Å². The summed E-state index contributed by atoms with van der Waals surface area (Å²) in [5, 5.41) is 9.80. The van der Waals surface area contributed by atoms with E-state index in [-0.39, 0.29) is 12.2 Å². The molecule has 2 fully saturated rings. The minimum Gasteiger partial charge on any atom is -0.426 e. The third-order valence-electron chi connectivity index (χ3n) is 5.73. The van der Waals surface area contributed by atoms with Gasteiger partial charge in [0.25, 0.3) is 0 Å². The Labute approximate surface area is 166 Å². The molecule has 2 aliphatic heterocycles. The quantitative estimate of drug-likeness (QED) is 0.730. The molecule has 2 heterocycles. The van der Waals surface area contributed by atoms with Crippen molar-refractivity contribution < 1.29 is 14.0 Å². The second kappa shape index (κ2) is 8.72. The number of benzene rings is 1. The second-order valence-corrected chi connectivity index (χ2v) is 8.49. The highest BCUT2D eigenvalue weighted by Crippen LogP contribution is 2.38. The number of rotatable bonds is 6. The van der Waals surface area contributed by atoms with E-state index in [2.05, 4.69) is 48.2 Å². The van der Waals surface area contributed by atoms with Crippen molar-refractivity contribution >= 4 is 17.7 Å². The van der Waals surface area contributed by atoms with Crippen molar-refractivity contribution in [1.82, 2.24) is 0 Å². The molecule has 1 N–H and O–H groups in total. The molecule has 2 saturated heterocycles. The molecule has 0 amide bonds. The maximum Gasteiger partial charge on any atom is 0.138 e. The lowest BCUT2D eigenvalue weighted by Crippen LogP contribution is -2.49. The number of ether oxygens (including phenoxy) is 1. The molecule has 27 heavy (non-hydrogen) atoms. The maximum absolute atomic E-state index is 9.80. The van der Waals surface area contributed by atoms with E-state index >= 15 is 0 Å². The number of anilines is 1. The SMILES string of the molecule is CC1=CC(OSCC2CC(O)CCO2)=C(C2CCN2c2ccccc2)CC1.